The minimum Gasteiger partial charge on any atom is -0.348 e. The van der Waals surface area contributed by atoms with E-state index >= 15 is 0 Å². The molecule has 0 saturated carbocycles. The van der Waals surface area contributed by atoms with Gasteiger partial charge in [-0.1, -0.05) is 54.1 Å². The van der Waals surface area contributed by atoms with E-state index in [1.807, 2.05) is 54.6 Å². The molecule has 0 heterocycles. The first-order valence-corrected chi connectivity index (χ1v) is 6.37. The monoisotopic (exact) mass is 271 g/mol. The highest BCUT2D eigenvalue weighted by Gasteiger charge is 1.97. The average Bonchev–Trinajstić information content (AvgIpc) is 2.44. The molecule has 0 aliphatic rings. The highest BCUT2D eigenvalue weighted by Crippen LogP contribution is 2.10. The lowest BCUT2D eigenvalue weighted by Gasteiger charge is -2.02. The summed E-state index contributed by atoms with van der Waals surface area (Å²) in [4.78, 5) is 11.6. The standard InChI is InChI=1S/C16H14ClNO/c17-15-8-4-7-14(11-15)12-18-16(19)10-9-13-5-2-1-3-6-13/h1-11H,12H2,(H,18,19)/b10-9+. The van der Waals surface area contributed by atoms with Gasteiger partial charge in [0.15, 0.2) is 0 Å². The molecule has 0 aromatic heterocycles. The van der Waals surface area contributed by atoms with Crippen LogP contribution in [0.3, 0.4) is 0 Å². The van der Waals surface area contributed by atoms with Crippen molar-refractivity contribution in [3.63, 3.8) is 0 Å². The van der Waals surface area contributed by atoms with Gasteiger partial charge in [-0.3, -0.25) is 4.79 Å². The molecule has 0 fully saturated rings. The maximum absolute atomic E-state index is 11.6. The van der Waals surface area contributed by atoms with Crippen LogP contribution in [-0.2, 0) is 11.3 Å². The second-order valence-corrected chi connectivity index (χ2v) is 4.53. The zero-order chi connectivity index (χ0) is 13.5. The van der Waals surface area contributed by atoms with Crippen LogP contribution in [0.15, 0.2) is 60.7 Å². The molecule has 2 aromatic carbocycles. The molecule has 2 nitrogen and oxygen atoms in total. The number of hydrogen-bond acceptors (Lipinski definition) is 1. The minimum atomic E-state index is -0.121. The topological polar surface area (TPSA) is 29.1 Å². The van der Waals surface area contributed by atoms with E-state index < -0.39 is 0 Å². The Kier molecular flexibility index (Phi) is 4.76. The van der Waals surface area contributed by atoms with Crippen molar-refractivity contribution in [3.8, 4) is 0 Å². The van der Waals surface area contributed by atoms with Gasteiger partial charge >= 0.3 is 0 Å². The summed E-state index contributed by atoms with van der Waals surface area (Å²) in [5.41, 5.74) is 1.98. The van der Waals surface area contributed by atoms with Crippen molar-refractivity contribution < 1.29 is 4.79 Å². The number of halogens is 1. The second-order valence-electron chi connectivity index (χ2n) is 4.09. The molecule has 0 spiro atoms. The van der Waals surface area contributed by atoms with Crippen LogP contribution in [0.5, 0.6) is 0 Å². The van der Waals surface area contributed by atoms with Crippen LogP contribution in [0.2, 0.25) is 5.02 Å². The van der Waals surface area contributed by atoms with Crippen molar-refractivity contribution in [1.29, 1.82) is 0 Å². The highest BCUT2D eigenvalue weighted by molar-refractivity contribution is 6.30. The molecular weight excluding hydrogens is 258 g/mol. The summed E-state index contributed by atoms with van der Waals surface area (Å²) in [6, 6.07) is 17.1. The third-order valence-corrected chi connectivity index (χ3v) is 2.82. The Balaban J connectivity index is 1.87. The maximum Gasteiger partial charge on any atom is 0.244 e. The van der Waals surface area contributed by atoms with Gasteiger partial charge in [-0.25, -0.2) is 0 Å². The molecule has 19 heavy (non-hydrogen) atoms. The zero-order valence-corrected chi connectivity index (χ0v) is 11.1. The van der Waals surface area contributed by atoms with Crippen LogP contribution in [-0.4, -0.2) is 5.91 Å². The normalized spacial score (nSPS) is 10.6. The lowest BCUT2D eigenvalue weighted by Crippen LogP contribution is -2.20. The molecule has 2 rings (SSSR count). The van der Waals surface area contributed by atoms with Gasteiger partial charge in [0.05, 0.1) is 0 Å². The number of benzene rings is 2. The molecule has 1 amide bonds. The van der Waals surface area contributed by atoms with Gasteiger partial charge in [0, 0.05) is 17.6 Å². The molecule has 0 aliphatic heterocycles. The fraction of sp³-hybridized carbons (Fsp3) is 0.0625. The van der Waals surface area contributed by atoms with Crippen LogP contribution in [0.25, 0.3) is 6.08 Å². The molecule has 0 atom stereocenters. The summed E-state index contributed by atoms with van der Waals surface area (Å²) in [6.07, 6.45) is 3.31. The molecule has 2 aromatic rings. The fourth-order valence-corrected chi connectivity index (χ4v) is 1.84. The van der Waals surface area contributed by atoms with E-state index in [4.69, 9.17) is 11.6 Å². The van der Waals surface area contributed by atoms with Crippen molar-refractivity contribution in [2.24, 2.45) is 0 Å². The minimum absolute atomic E-state index is 0.121. The van der Waals surface area contributed by atoms with Crippen molar-refractivity contribution in [2.45, 2.75) is 6.54 Å². The largest absolute Gasteiger partial charge is 0.348 e. The quantitative estimate of drug-likeness (QED) is 0.845. The third kappa shape index (κ3) is 4.60. The molecule has 3 heteroatoms. The first kappa shape index (κ1) is 13.4. The lowest BCUT2D eigenvalue weighted by atomic mass is 10.2. The number of nitrogens with one attached hydrogen (secondary N) is 1. The highest BCUT2D eigenvalue weighted by atomic mass is 35.5. The first-order valence-electron chi connectivity index (χ1n) is 5.99. The van der Waals surface area contributed by atoms with E-state index in [9.17, 15) is 4.79 Å². The number of rotatable bonds is 4. The Hall–Kier alpha value is -2.06. The van der Waals surface area contributed by atoms with E-state index in [-0.39, 0.29) is 5.91 Å². The molecule has 0 unspecified atom stereocenters. The Labute approximate surface area is 117 Å². The van der Waals surface area contributed by atoms with Crippen molar-refractivity contribution in [3.05, 3.63) is 76.8 Å². The first-order chi connectivity index (χ1) is 9.24. The number of carbonyl (C=O) groups is 1. The van der Waals surface area contributed by atoms with Crippen LogP contribution in [0, 0.1) is 0 Å². The summed E-state index contributed by atoms with van der Waals surface area (Å²) >= 11 is 5.87. The number of carbonyl (C=O) groups excluding carboxylic acids is 1. The van der Waals surface area contributed by atoms with E-state index in [2.05, 4.69) is 5.32 Å². The predicted molar refractivity (Wildman–Crippen MR) is 78.8 cm³/mol. The van der Waals surface area contributed by atoms with Crippen LogP contribution < -0.4 is 5.32 Å². The molecule has 1 N–H and O–H groups in total. The van der Waals surface area contributed by atoms with Gasteiger partial charge in [0.2, 0.25) is 5.91 Å². The summed E-state index contributed by atoms with van der Waals surface area (Å²) in [6.45, 7) is 0.471. The predicted octanol–water partition coefficient (Wildman–Crippen LogP) is 3.67. The van der Waals surface area contributed by atoms with E-state index in [0.717, 1.165) is 11.1 Å². The maximum atomic E-state index is 11.6. The SMILES string of the molecule is O=C(/C=C/c1ccccc1)NCc1cccc(Cl)c1. The van der Waals surface area contributed by atoms with Crippen LogP contribution in [0.4, 0.5) is 0 Å². The van der Waals surface area contributed by atoms with Crippen LogP contribution >= 0.6 is 11.6 Å². The summed E-state index contributed by atoms with van der Waals surface area (Å²) in [7, 11) is 0. The van der Waals surface area contributed by atoms with Crippen molar-refractivity contribution >= 4 is 23.6 Å². The van der Waals surface area contributed by atoms with Gasteiger partial charge in [0.25, 0.3) is 0 Å². The van der Waals surface area contributed by atoms with Gasteiger partial charge in [-0.15, -0.1) is 0 Å². The van der Waals surface area contributed by atoms with E-state index in [1.165, 1.54) is 6.08 Å². The number of hydrogen-bond donors (Lipinski definition) is 1. The molecular formula is C16H14ClNO. The van der Waals surface area contributed by atoms with Crippen molar-refractivity contribution in [1.82, 2.24) is 5.32 Å². The second kappa shape index (κ2) is 6.76. The Bertz CT molecular complexity index is 578. The van der Waals surface area contributed by atoms with Crippen molar-refractivity contribution in [2.75, 3.05) is 0 Å². The Morgan fingerprint density at radius 3 is 2.63 bits per heavy atom. The van der Waals surface area contributed by atoms with E-state index in [0.29, 0.717) is 11.6 Å². The molecule has 96 valence electrons. The third-order valence-electron chi connectivity index (χ3n) is 2.58. The van der Waals surface area contributed by atoms with Gasteiger partial charge in [-0.2, -0.15) is 0 Å². The number of amides is 1. The summed E-state index contributed by atoms with van der Waals surface area (Å²) in [5.74, 6) is -0.121. The molecule has 0 radical (unpaired) electrons. The molecule has 0 aliphatic carbocycles. The Morgan fingerprint density at radius 1 is 1.11 bits per heavy atom. The van der Waals surface area contributed by atoms with E-state index in [1.54, 1.807) is 6.08 Å². The Morgan fingerprint density at radius 2 is 1.89 bits per heavy atom. The zero-order valence-electron chi connectivity index (χ0n) is 10.3. The smallest absolute Gasteiger partial charge is 0.244 e. The van der Waals surface area contributed by atoms with Crippen LogP contribution in [0.1, 0.15) is 11.1 Å². The fourth-order valence-electron chi connectivity index (χ4n) is 1.63. The average molecular weight is 272 g/mol. The van der Waals surface area contributed by atoms with Gasteiger partial charge in [-0.05, 0) is 29.3 Å². The van der Waals surface area contributed by atoms with Gasteiger partial charge in [0.1, 0.15) is 0 Å². The van der Waals surface area contributed by atoms with Gasteiger partial charge < -0.3 is 5.32 Å². The summed E-state index contributed by atoms with van der Waals surface area (Å²) < 4.78 is 0. The lowest BCUT2D eigenvalue weighted by molar-refractivity contribution is -0.116. The molecule has 0 bridgehead atoms. The summed E-state index contributed by atoms with van der Waals surface area (Å²) in [5, 5.41) is 3.48. The molecule has 0 saturated heterocycles.